The maximum absolute atomic E-state index is 5.29. The molecule has 1 aliphatic heterocycles. The van der Waals surface area contributed by atoms with Gasteiger partial charge in [-0.2, -0.15) is 0 Å². The molecule has 0 radical (unpaired) electrons. The maximum Gasteiger partial charge on any atom is 0.0889 e. The molecule has 0 aliphatic carbocycles. The molecule has 1 aliphatic rings. The Bertz CT molecular complexity index is 208. The third-order valence-corrected chi connectivity index (χ3v) is 3.64. The van der Waals surface area contributed by atoms with Crippen molar-refractivity contribution in [1.82, 2.24) is 4.90 Å². The molecule has 0 atom stereocenters. The highest BCUT2D eigenvalue weighted by Gasteiger charge is 2.38. The number of nitrogens with zero attached hydrogens (tertiary/aromatic N) is 1. The molecule has 0 aromatic heterocycles. The third-order valence-electron chi connectivity index (χ3n) is 2.24. The Morgan fingerprint density at radius 3 is 2.18 bits per heavy atom. The van der Waals surface area contributed by atoms with E-state index >= 15 is 0 Å². The van der Waals surface area contributed by atoms with Crippen molar-refractivity contribution in [3.05, 3.63) is 0 Å². The van der Waals surface area contributed by atoms with Gasteiger partial charge >= 0.3 is 0 Å². The summed E-state index contributed by atoms with van der Waals surface area (Å²) < 4.78 is 0. The van der Waals surface area contributed by atoms with Gasteiger partial charge < -0.3 is 4.90 Å². The van der Waals surface area contributed by atoms with Gasteiger partial charge in [0, 0.05) is 16.8 Å². The van der Waals surface area contributed by atoms with Crippen molar-refractivity contribution in [2.45, 2.75) is 20.8 Å². The summed E-state index contributed by atoms with van der Waals surface area (Å²) in [7, 11) is 0. The standard InChI is InChI=1S/C8H13NS2/c1-4-9-5-6(10)8(2,3)7(9)11/h4-5H2,1-3H3. The molecule has 0 bridgehead atoms. The molecule has 0 unspecified atom stereocenters. The molecule has 11 heavy (non-hydrogen) atoms. The Morgan fingerprint density at radius 1 is 1.45 bits per heavy atom. The Morgan fingerprint density at radius 2 is 2.00 bits per heavy atom. The van der Waals surface area contributed by atoms with Crippen LogP contribution in [-0.2, 0) is 0 Å². The van der Waals surface area contributed by atoms with E-state index < -0.39 is 0 Å². The molecule has 1 heterocycles. The second-order valence-electron chi connectivity index (χ2n) is 3.37. The van der Waals surface area contributed by atoms with Crippen LogP contribution in [0.1, 0.15) is 20.8 Å². The number of rotatable bonds is 1. The Balaban J connectivity index is 2.89. The molecule has 0 amide bonds. The first-order valence-electron chi connectivity index (χ1n) is 3.82. The fraction of sp³-hybridized carbons (Fsp3) is 0.750. The summed E-state index contributed by atoms with van der Waals surface area (Å²) in [6, 6.07) is 0. The summed E-state index contributed by atoms with van der Waals surface area (Å²) in [6.07, 6.45) is 0. The summed E-state index contributed by atoms with van der Waals surface area (Å²) in [5, 5.41) is 0. The quantitative estimate of drug-likeness (QED) is 0.578. The van der Waals surface area contributed by atoms with Gasteiger partial charge in [-0.1, -0.05) is 24.4 Å². The lowest BCUT2D eigenvalue weighted by molar-refractivity contribution is 0.513. The van der Waals surface area contributed by atoms with Crippen LogP contribution in [0.4, 0.5) is 0 Å². The van der Waals surface area contributed by atoms with Crippen molar-refractivity contribution in [3.63, 3.8) is 0 Å². The Kier molecular flexibility index (Phi) is 2.30. The molecule has 62 valence electrons. The molecule has 1 nitrogen and oxygen atoms in total. The molecule has 0 N–H and O–H groups in total. The molecule has 1 fully saturated rings. The highest BCUT2D eigenvalue weighted by atomic mass is 32.1. The van der Waals surface area contributed by atoms with Gasteiger partial charge in [0.15, 0.2) is 0 Å². The zero-order chi connectivity index (χ0) is 8.65. The van der Waals surface area contributed by atoms with E-state index in [0.29, 0.717) is 0 Å². The van der Waals surface area contributed by atoms with Crippen LogP contribution in [0.5, 0.6) is 0 Å². The van der Waals surface area contributed by atoms with Crippen molar-refractivity contribution >= 4 is 34.3 Å². The fourth-order valence-corrected chi connectivity index (χ4v) is 1.85. The van der Waals surface area contributed by atoms with Crippen LogP contribution in [0.15, 0.2) is 0 Å². The van der Waals surface area contributed by atoms with Gasteiger partial charge in [0.05, 0.1) is 11.5 Å². The van der Waals surface area contributed by atoms with E-state index in [-0.39, 0.29) is 5.41 Å². The van der Waals surface area contributed by atoms with Crippen LogP contribution in [-0.4, -0.2) is 27.8 Å². The first-order valence-corrected chi connectivity index (χ1v) is 4.64. The van der Waals surface area contributed by atoms with Gasteiger partial charge in [0.25, 0.3) is 0 Å². The van der Waals surface area contributed by atoms with Crippen molar-refractivity contribution in [2.75, 3.05) is 13.1 Å². The van der Waals surface area contributed by atoms with Crippen molar-refractivity contribution < 1.29 is 0 Å². The van der Waals surface area contributed by atoms with Crippen LogP contribution < -0.4 is 0 Å². The summed E-state index contributed by atoms with van der Waals surface area (Å²) in [5.74, 6) is 0. The maximum atomic E-state index is 5.29. The van der Waals surface area contributed by atoms with Gasteiger partial charge in [-0.15, -0.1) is 0 Å². The molecule has 0 saturated carbocycles. The van der Waals surface area contributed by atoms with E-state index in [1.807, 2.05) is 0 Å². The number of hydrogen-bond donors (Lipinski definition) is 0. The van der Waals surface area contributed by atoms with Crippen LogP contribution >= 0.6 is 24.4 Å². The first kappa shape index (κ1) is 9.07. The lowest BCUT2D eigenvalue weighted by Gasteiger charge is -2.20. The third kappa shape index (κ3) is 1.32. The average Bonchev–Trinajstić information content (AvgIpc) is 2.14. The van der Waals surface area contributed by atoms with Gasteiger partial charge in [-0.25, -0.2) is 0 Å². The van der Waals surface area contributed by atoms with Gasteiger partial charge in [-0.05, 0) is 20.8 Å². The zero-order valence-corrected chi connectivity index (χ0v) is 8.81. The summed E-state index contributed by atoms with van der Waals surface area (Å²) in [5.41, 5.74) is -0.0271. The monoisotopic (exact) mass is 187 g/mol. The lowest BCUT2D eigenvalue weighted by atomic mass is 9.93. The molecular weight excluding hydrogens is 174 g/mol. The highest BCUT2D eigenvalue weighted by Crippen LogP contribution is 2.29. The minimum Gasteiger partial charge on any atom is -0.361 e. The Hall–Kier alpha value is -0.0200. The van der Waals surface area contributed by atoms with Gasteiger partial charge in [0.2, 0.25) is 0 Å². The molecule has 1 rings (SSSR count). The normalized spacial score (nSPS) is 23.0. The summed E-state index contributed by atoms with van der Waals surface area (Å²) in [6.45, 7) is 8.16. The summed E-state index contributed by atoms with van der Waals surface area (Å²) in [4.78, 5) is 4.24. The van der Waals surface area contributed by atoms with Gasteiger partial charge in [-0.3, -0.25) is 0 Å². The van der Waals surface area contributed by atoms with Crippen molar-refractivity contribution in [3.8, 4) is 0 Å². The number of hydrogen-bond acceptors (Lipinski definition) is 2. The average molecular weight is 187 g/mol. The first-order chi connectivity index (χ1) is 5.00. The second-order valence-corrected chi connectivity index (χ2v) is 4.25. The van der Waals surface area contributed by atoms with E-state index in [2.05, 4.69) is 25.7 Å². The predicted octanol–water partition coefficient (Wildman–Crippen LogP) is 2.05. The van der Waals surface area contributed by atoms with E-state index in [4.69, 9.17) is 24.4 Å². The van der Waals surface area contributed by atoms with E-state index in [1.165, 1.54) is 0 Å². The smallest absolute Gasteiger partial charge is 0.0889 e. The van der Waals surface area contributed by atoms with Crippen LogP contribution in [0, 0.1) is 5.41 Å². The largest absolute Gasteiger partial charge is 0.361 e. The minimum absolute atomic E-state index is 0.0271. The molecule has 3 heteroatoms. The SMILES string of the molecule is CCN1CC(=S)C(C)(C)C1=S. The molecule has 1 saturated heterocycles. The van der Waals surface area contributed by atoms with E-state index in [1.54, 1.807) is 0 Å². The van der Waals surface area contributed by atoms with Gasteiger partial charge in [0.1, 0.15) is 0 Å². The Labute approximate surface area is 78.8 Å². The van der Waals surface area contributed by atoms with Crippen molar-refractivity contribution in [1.29, 1.82) is 0 Å². The van der Waals surface area contributed by atoms with Crippen LogP contribution in [0.25, 0.3) is 0 Å². The van der Waals surface area contributed by atoms with Crippen LogP contribution in [0.3, 0.4) is 0 Å². The summed E-state index contributed by atoms with van der Waals surface area (Å²) >= 11 is 10.5. The van der Waals surface area contributed by atoms with Crippen LogP contribution in [0.2, 0.25) is 0 Å². The zero-order valence-electron chi connectivity index (χ0n) is 7.18. The number of thiocarbonyl (C=S) groups is 2. The van der Waals surface area contributed by atoms with E-state index in [9.17, 15) is 0 Å². The molecule has 0 aromatic rings. The lowest BCUT2D eigenvalue weighted by Crippen LogP contribution is -2.29. The highest BCUT2D eigenvalue weighted by molar-refractivity contribution is 7.82. The second kappa shape index (κ2) is 2.79. The van der Waals surface area contributed by atoms with E-state index in [0.717, 1.165) is 22.9 Å². The molecular formula is C8H13NS2. The predicted molar refractivity (Wildman–Crippen MR) is 56.2 cm³/mol. The molecule has 0 aromatic carbocycles. The number of likely N-dealkylation sites (tertiary alicyclic amines) is 1. The topological polar surface area (TPSA) is 3.24 Å². The molecule has 0 spiro atoms. The van der Waals surface area contributed by atoms with Crippen molar-refractivity contribution in [2.24, 2.45) is 5.41 Å². The fourth-order valence-electron chi connectivity index (χ4n) is 1.21. The minimum atomic E-state index is -0.0271.